The molecule has 2 N–H and O–H groups in total. The molecule has 1 atom stereocenters. The van der Waals surface area contributed by atoms with Crippen molar-refractivity contribution in [2.45, 2.75) is 6.10 Å². The van der Waals surface area contributed by atoms with Crippen LogP contribution in [0.4, 0.5) is 4.79 Å². The summed E-state index contributed by atoms with van der Waals surface area (Å²) in [5.74, 6) is -0.467. The number of esters is 1. The molecule has 1 fully saturated rings. The van der Waals surface area contributed by atoms with Gasteiger partial charge < -0.3 is 24.8 Å². The molecule has 146 valence electrons. The highest BCUT2D eigenvalue weighted by molar-refractivity contribution is 5.94. The second-order valence-corrected chi connectivity index (χ2v) is 6.21. The van der Waals surface area contributed by atoms with Gasteiger partial charge in [0.25, 0.3) is 5.91 Å². The lowest BCUT2D eigenvalue weighted by Gasteiger charge is -2.31. The fraction of sp³-hybridized carbons (Fsp3) is 0.250. The molecular formula is C20H20N2O6. The predicted molar refractivity (Wildman–Crippen MR) is 99.5 cm³/mol. The summed E-state index contributed by atoms with van der Waals surface area (Å²) in [7, 11) is 0. The van der Waals surface area contributed by atoms with Gasteiger partial charge >= 0.3 is 12.1 Å². The van der Waals surface area contributed by atoms with Crippen LogP contribution in [-0.4, -0.2) is 60.3 Å². The number of benzene rings is 2. The summed E-state index contributed by atoms with van der Waals surface area (Å²) < 4.78 is 10.7. The van der Waals surface area contributed by atoms with Crippen LogP contribution < -0.4 is 10.1 Å². The van der Waals surface area contributed by atoms with Crippen molar-refractivity contribution in [1.82, 2.24) is 10.2 Å². The van der Waals surface area contributed by atoms with E-state index in [-0.39, 0.29) is 25.1 Å². The van der Waals surface area contributed by atoms with Crippen LogP contribution in [0.3, 0.4) is 0 Å². The number of nitrogens with zero attached hydrogens (tertiary/aromatic N) is 1. The molecule has 28 heavy (non-hydrogen) atoms. The van der Waals surface area contributed by atoms with Crippen LogP contribution in [0.1, 0.15) is 20.7 Å². The molecule has 0 aliphatic carbocycles. The molecular weight excluding hydrogens is 364 g/mol. The predicted octanol–water partition coefficient (Wildman–Crippen LogP) is 2.01. The lowest BCUT2D eigenvalue weighted by atomic mass is 10.2. The topological polar surface area (TPSA) is 105 Å². The number of carbonyl (C=O) groups excluding carboxylic acids is 2. The zero-order valence-electron chi connectivity index (χ0n) is 15.0. The molecule has 0 aromatic heterocycles. The molecule has 0 spiro atoms. The summed E-state index contributed by atoms with van der Waals surface area (Å²) in [6.45, 7) is 1.04. The van der Waals surface area contributed by atoms with Crippen molar-refractivity contribution in [2.24, 2.45) is 0 Å². The summed E-state index contributed by atoms with van der Waals surface area (Å²) in [5.41, 5.74) is 0.831. The van der Waals surface area contributed by atoms with E-state index in [0.717, 1.165) is 0 Å². The number of rotatable bonds is 5. The number of amides is 2. The third kappa shape index (κ3) is 5.08. The lowest BCUT2D eigenvalue weighted by Crippen LogP contribution is -2.49. The fourth-order valence-corrected chi connectivity index (χ4v) is 2.74. The fourth-order valence-electron chi connectivity index (χ4n) is 2.74. The van der Waals surface area contributed by atoms with Crippen molar-refractivity contribution in [3.8, 4) is 5.75 Å². The van der Waals surface area contributed by atoms with E-state index in [9.17, 15) is 14.4 Å². The average Bonchev–Trinajstić information content (AvgIpc) is 2.73. The molecule has 1 unspecified atom stereocenters. The average molecular weight is 384 g/mol. The van der Waals surface area contributed by atoms with Crippen LogP contribution in [0.15, 0.2) is 54.6 Å². The molecule has 0 bridgehead atoms. The number of carboxylic acid groups (broad SMARTS) is 1. The van der Waals surface area contributed by atoms with E-state index in [0.29, 0.717) is 30.0 Å². The van der Waals surface area contributed by atoms with Crippen LogP contribution in [-0.2, 0) is 4.74 Å². The summed E-state index contributed by atoms with van der Waals surface area (Å²) in [6, 6.07) is 14.8. The van der Waals surface area contributed by atoms with Crippen molar-refractivity contribution >= 4 is 18.0 Å². The molecule has 1 heterocycles. The van der Waals surface area contributed by atoms with Crippen molar-refractivity contribution in [1.29, 1.82) is 0 Å². The van der Waals surface area contributed by atoms with Gasteiger partial charge in [-0.15, -0.1) is 0 Å². The Hall–Kier alpha value is -3.39. The Morgan fingerprint density at radius 3 is 2.46 bits per heavy atom. The van der Waals surface area contributed by atoms with E-state index in [1.807, 2.05) is 6.07 Å². The van der Waals surface area contributed by atoms with E-state index >= 15 is 0 Å². The Morgan fingerprint density at radius 1 is 1.07 bits per heavy atom. The number of hydrogen-bond acceptors (Lipinski definition) is 5. The second kappa shape index (κ2) is 9.01. The van der Waals surface area contributed by atoms with Gasteiger partial charge in [-0.05, 0) is 36.4 Å². The Balaban J connectivity index is 1.51. The van der Waals surface area contributed by atoms with Crippen molar-refractivity contribution in [3.05, 3.63) is 65.7 Å². The number of hydrogen-bond donors (Lipinski definition) is 2. The first-order valence-electron chi connectivity index (χ1n) is 8.78. The minimum Gasteiger partial charge on any atom is -0.465 e. The minimum absolute atomic E-state index is 0.202. The monoisotopic (exact) mass is 384 g/mol. The minimum atomic E-state index is -1.000. The molecule has 2 aromatic rings. The molecule has 1 aliphatic rings. The van der Waals surface area contributed by atoms with E-state index in [1.165, 1.54) is 4.90 Å². The molecule has 2 amide bonds. The number of nitrogens with one attached hydrogen (secondary N) is 1. The summed E-state index contributed by atoms with van der Waals surface area (Å²) in [6.07, 6.45) is -1.39. The summed E-state index contributed by atoms with van der Waals surface area (Å²) in [4.78, 5) is 36.5. The van der Waals surface area contributed by atoms with Crippen molar-refractivity contribution in [3.63, 3.8) is 0 Å². The van der Waals surface area contributed by atoms with Crippen LogP contribution in [0.5, 0.6) is 5.75 Å². The number of morpholine rings is 1. The largest absolute Gasteiger partial charge is 0.465 e. The van der Waals surface area contributed by atoms with E-state index in [1.54, 1.807) is 48.5 Å². The van der Waals surface area contributed by atoms with Gasteiger partial charge in [-0.2, -0.15) is 0 Å². The van der Waals surface area contributed by atoms with Gasteiger partial charge in [0.1, 0.15) is 5.75 Å². The quantitative estimate of drug-likeness (QED) is 0.604. The third-order valence-corrected chi connectivity index (χ3v) is 4.24. The highest BCUT2D eigenvalue weighted by Crippen LogP contribution is 2.14. The van der Waals surface area contributed by atoms with Gasteiger partial charge in [0, 0.05) is 18.7 Å². The van der Waals surface area contributed by atoms with Gasteiger partial charge in [-0.1, -0.05) is 18.2 Å². The van der Waals surface area contributed by atoms with E-state index in [4.69, 9.17) is 14.6 Å². The highest BCUT2D eigenvalue weighted by atomic mass is 16.5. The van der Waals surface area contributed by atoms with Crippen LogP contribution in [0.25, 0.3) is 0 Å². The van der Waals surface area contributed by atoms with Gasteiger partial charge in [0.05, 0.1) is 24.8 Å². The molecule has 8 nitrogen and oxygen atoms in total. The number of carbonyl (C=O) groups is 3. The van der Waals surface area contributed by atoms with Crippen molar-refractivity contribution in [2.75, 3.05) is 26.2 Å². The first-order valence-corrected chi connectivity index (χ1v) is 8.78. The highest BCUT2D eigenvalue weighted by Gasteiger charge is 2.24. The standard InChI is InChI=1S/C20H20N2O6/c23-18(21-12-17-13-22(20(25)26)10-11-27-17)14-6-8-16(9-7-14)28-19(24)15-4-2-1-3-5-15/h1-9,17H,10-13H2,(H,21,23)(H,25,26). The number of ether oxygens (including phenoxy) is 2. The lowest BCUT2D eigenvalue weighted by molar-refractivity contribution is -0.0199. The Labute approximate surface area is 161 Å². The smallest absolute Gasteiger partial charge is 0.407 e. The normalized spacial score (nSPS) is 16.3. The van der Waals surface area contributed by atoms with Gasteiger partial charge in [0.15, 0.2) is 0 Å². The molecule has 0 radical (unpaired) electrons. The van der Waals surface area contributed by atoms with Gasteiger partial charge in [-0.25, -0.2) is 9.59 Å². The molecule has 2 aromatic carbocycles. The maximum Gasteiger partial charge on any atom is 0.407 e. The molecule has 8 heteroatoms. The first kappa shape index (κ1) is 19.4. The molecule has 1 aliphatic heterocycles. The first-order chi connectivity index (χ1) is 13.5. The zero-order valence-corrected chi connectivity index (χ0v) is 15.0. The van der Waals surface area contributed by atoms with Crippen LogP contribution >= 0.6 is 0 Å². The summed E-state index contributed by atoms with van der Waals surface area (Å²) >= 11 is 0. The molecule has 3 rings (SSSR count). The van der Waals surface area contributed by atoms with Gasteiger partial charge in [-0.3, -0.25) is 4.79 Å². The second-order valence-electron chi connectivity index (χ2n) is 6.21. The van der Waals surface area contributed by atoms with Crippen LogP contribution in [0, 0.1) is 0 Å². The van der Waals surface area contributed by atoms with E-state index in [2.05, 4.69) is 5.32 Å². The van der Waals surface area contributed by atoms with Crippen molar-refractivity contribution < 1.29 is 29.0 Å². The molecule has 1 saturated heterocycles. The van der Waals surface area contributed by atoms with Crippen LogP contribution in [0.2, 0.25) is 0 Å². The Bertz CT molecular complexity index is 838. The summed E-state index contributed by atoms with van der Waals surface area (Å²) in [5, 5.41) is 11.7. The maximum absolute atomic E-state index is 12.3. The zero-order chi connectivity index (χ0) is 19.9. The van der Waals surface area contributed by atoms with E-state index < -0.39 is 12.1 Å². The molecule has 0 saturated carbocycles. The Kier molecular flexibility index (Phi) is 6.23. The Morgan fingerprint density at radius 2 is 1.79 bits per heavy atom. The van der Waals surface area contributed by atoms with Gasteiger partial charge in [0.2, 0.25) is 0 Å². The maximum atomic E-state index is 12.3. The SMILES string of the molecule is O=C(NCC1CN(C(=O)O)CCO1)c1ccc(OC(=O)c2ccccc2)cc1. The third-order valence-electron chi connectivity index (χ3n) is 4.24.